The molecule has 0 fully saturated rings. The molecule has 0 amide bonds. The summed E-state index contributed by atoms with van der Waals surface area (Å²) in [6.45, 7) is 3.23. The number of hydrogen-bond donors (Lipinski definition) is 3. The first kappa shape index (κ1) is 15.9. The molecule has 3 N–H and O–H groups in total. The summed E-state index contributed by atoms with van der Waals surface area (Å²) in [5.74, 6) is 0.0345. The molecule has 7 heteroatoms. The fourth-order valence-electron chi connectivity index (χ4n) is 1.05. The molecule has 0 aliphatic rings. The number of carbonyl (C=O) groups excluding carboxylic acids is 3. The second-order valence-electron chi connectivity index (χ2n) is 3.87. The first-order chi connectivity index (χ1) is 8.08. The van der Waals surface area contributed by atoms with Crippen LogP contribution in [0.5, 0.6) is 0 Å². The first-order valence-electron chi connectivity index (χ1n) is 5.34. The van der Waals surface area contributed by atoms with Crippen molar-refractivity contribution >= 4 is 18.9 Å². The molecule has 0 aromatic rings. The number of aliphatic hydroxyl groups excluding tert-OH is 1. The van der Waals surface area contributed by atoms with E-state index in [0.29, 0.717) is 12.6 Å². The standard InChI is InChI=1S/C10H19N3O4/c1-8(2)10(7-17)12-13(3-4-14)11-9(5-15)6-16/h4-5,7-12,16H,3,6H2,1-2H3/t9-,10-/m1/s1. The van der Waals surface area contributed by atoms with Gasteiger partial charge in [0.05, 0.1) is 19.2 Å². The number of hydrazine groups is 2. The summed E-state index contributed by atoms with van der Waals surface area (Å²) in [6, 6.07) is -1.30. The van der Waals surface area contributed by atoms with E-state index in [1.807, 2.05) is 13.8 Å². The van der Waals surface area contributed by atoms with Gasteiger partial charge in [0.1, 0.15) is 24.9 Å². The Morgan fingerprint density at radius 2 is 1.82 bits per heavy atom. The van der Waals surface area contributed by atoms with Gasteiger partial charge in [0.2, 0.25) is 0 Å². The van der Waals surface area contributed by atoms with Gasteiger partial charge in [0, 0.05) is 0 Å². The molecule has 0 aliphatic heterocycles. The third-order valence-electron chi connectivity index (χ3n) is 2.11. The summed E-state index contributed by atoms with van der Waals surface area (Å²) in [7, 11) is 0. The summed E-state index contributed by atoms with van der Waals surface area (Å²) in [5, 5.41) is 10.1. The number of rotatable bonds is 10. The highest BCUT2D eigenvalue weighted by Crippen LogP contribution is 1.98. The van der Waals surface area contributed by atoms with Crippen LogP contribution >= 0.6 is 0 Å². The van der Waals surface area contributed by atoms with Crippen LogP contribution in [-0.2, 0) is 14.4 Å². The van der Waals surface area contributed by atoms with Gasteiger partial charge in [-0.05, 0) is 5.92 Å². The van der Waals surface area contributed by atoms with Crippen LogP contribution in [-0.4, -0.2) is 54.3 Å². The molecule has 17 heavy (non-hydrogen) atoms. The van der Waals surface area contributed by atoms with Crippen LogP contribution in [0.3, 0.4) is 0 Å². The maximum absolute atomic E-state index is 10.8. The molecule has 0 aliphatic carbocycles. The highest BCUT2D eigenvalue weighted by Gasteiger charge is 2.17. The van der Waals surface area contributed by atoms with E-state index in [2.05, 4.69) is 10.9 Å². The van der Waals surface area contributed by atoms with E-state index in [0.717, 1.165) is 6.29 Å². The lowest BCUT2D eigenvalue weighted by Crippen LogP contribution is -2.58. The van der Waals surface area contributed by atoms with Crippen molar-refractivity contribution in [2.75, 3.05) is 13.2 Å². The Hall–Kier alpha value is -1.15. The molecule has 0 bridgehead atoms. The molecule has 0 heterocycles. The predicted octanol–water partition coefficient (Wildman–Crippen LogP) is -1.72. The number of aliphatic hydroxyl groups is 1. The average molecular weight is 245 g/mol. The van der Waals surface area contributed by atoms with Crippen molar-refractivity contribution in [2.45, 2.75) is 25.9 Å². The van der Waals surface area contributed by atoms with E-state index < -0.39 is 18.7 Å². The third-order valence-corrected chi connectivity index (χ3v) is 2.11. The van der Waals surface area contributed by atoms with E-state index in [9.17, 15) is 14.4 Å². The molecule has 0 aromatic carbocycles. The van der Waals surface area contributed by atoms with Gasteiger partial charge in [-0.1, -0.05) is 13.8 Å². The molecule has 0 radical (unpaired) electrons. The van der Waals surface area contributed by atoms with Gasteiger partial charge in [0.25, 0.3) is 0 Å². The maximum atomic E-state index is 10.8. The Bertz CT molecular complexity index is 248. The molecule has 2 atom stereocenters. The van der Waals surface area contributed by atoms with E-state index in [1.165, 1.54) is 5.12 Å². The minimum absolute atomic E-state index is 0.0345. The van der Waals surface area contributed by atoms with Crippen LogP contribution in [0.4, 0.5) is 0 Å². The zero-order valence-corrected chi connectivity index (χ0v) is 10.00. The van der Waals surface area contributed by atoms with Gasteiger partial charge in [-0.25, -0.2) is 10.9 Å². The number of nitrogens with one attached hydrogen (secondary N) is 2. The lowest BCUT2D eigenvalue weighted by atomic mass is 10.1. The number of carbonyl (C=O) groups is 3. The second-order valence-corrected chi connectivity index (χ2v) is 3.87. The lowest BCUT2D eigenvalue weighted by Gasteiger charge is -2.28. The smallest absolute Gasteiger partial charge is 0.140 e. The largest absolute Gasteiger partial charge is 0.394 e. The molecule has 0 spiro atoms. The molecule has 0 aromatic heterocycles. The predicted molar refractivity (Wildman–Crippen MR) is 60.7 cm³/mol. The van der Waals surface area contributed by atoms with Crippen molar-refractivity contribution in [3.05, 3.63) is 0 Å². The molecular formula is C10H19N3O4. The minimum Gasteiger partial charge on any atom is -0.394 e. The first-order valence-corrected chi connectivity index (χ1v) is 5.34. The van der Waals surface area contributed by atoms with E-state index >= 15 is 0 Å². The van der Waals surface area contributed by atoms with Crippen molar-refractivity contribution in [2.24, 2.45) is 5.92 Å². The summed E-state index contributed by atoms with van der Waals surface area (Å²) >= 11 is 0. The molecule has 98 valence electrons. The fraction of sp³-hybridized carbons (Fsp3) is 0.700. The van der Waals surface area contributed by atoms with Gasteiger partial charge >= 0.3 is 0 Å². The van der Waals surface area contributed by atoms with Gasteiger partial charge in [-0.15, -0.1) is 0 Å². The molecule has 0 unspecified atom stereocenters. The van der Waals surface area contributed by atoms with Crippen molar-refractivity contribution in [1.29, 1.82) is 0 Å². The Labute approximate surface area is 100 Å². The summed E-state index contributed by atoms with van der Waals surface area (Å²) in [6.07, 6.45) is 1.85. The summed E-state index contributed by atoms with van der Waals surface area (Å²) < 4.78 is 0. The van der Waals surface area contributed by atoms with Crippen LogP contribution < -0.4 is 10.9 Å². The van der Waals surface area contributed by atoms with Crippen molar-refractivity contribution in [3.63, 3.8) is 0 Å². The van der Waals surface area contributed by atoms with E-state index in [1.54, 1.807) is 0 Å². The Morgan fingerprint density at radius 3 is 2.18 bits per heavy atom. The molecule has 0 rings (SSSR count). The van der Waals surface area contributed by atoms with Crippen LogP contribution in [0.1, 0.15) is 13.8 Å². The SMILES string of the molecule is CC(C)[C@@H](C=O)NN(CC=O)N[C@H](C=O)CO. The highest BCUT2D eigenvalue weighted by atomic mass is 16.3. The highest BCUT2D eigenvalue weighted by molar-refractivity contribution is 5.59. The topological polar surface area (TPSA) is 98.7 Å². The van der Waals surface area contributed by atoms with Crippen LogP contribution in [0.15, 0.2) is 0 Å². The van der Waals surface area contributed by atoms with Gasteiger partial charge in [0.15, 0.2) is 0 Å². The quantitative estimate of drug-likeness (QED) is 0.311. The zero-order chi connectivity index (χ0) is 13.3. The number of aldehydes is 3. The summed E-state index contributed by atoms with van der Waals surface area (Å²) in [5.41, 5.74) is 5.34. The molecule has 0 saturated heterocycles. The third kappa shape index (κ3) is 6.22. The molecule has 7 nitrogen and oxygen atoms in total. The van der Waals surface area contributed by atoms with Gasteiger partial charge in [-0.2, -0.15) is 5.12 Å². The van der Waals surface area contributed by atoms with Crippen molar-refractivity contribution in [1.82, 2.24) is 16.0 Å². The van der Waals surface area contributed by atoms with Crippen molar-refractivity contribution in [3.8, 4) is 0 Å². The second kappa shape index (κ2) is 8.94. The Morgan fingerprint density at radius 1 is 1.18 bits per heavy atom. The number of hydrogen-bond acceptors (Lipinski definition) is 7. The zero-order valence-electron chi connectivity index (χ0n) is 10.00. The normalized spacial score (nSPS) is 14.6. The minimum atomic E-state index is -0.818. The van der Waals surface area contributed by atoms with Crippen LogP contribution in [0, 0.1) is 5.92 Å². The average Bonchev–Trinajstić information content (AvgIpc) is 2.32. The van der Waals surface area contributed by atoms with Crippen molar-refractivity contribution < 1.29 is 19.5 Å². The van der Waals surface area contributed by atoms with Crippen LogP contribution in [0.2, 0.25) is 0 Å². The van der Waals surface area contributed by atoms with E-state index in [4.69, 9.17) is 5.11 Å². The van der Waals surface area contributed by atoms with Gasteiger partial charge in [-0.3, -0.25) is 0 Å². The molecule has 0 saturated carbocycles. The monoisotopic (exact) mass is 245 g/mol. The van der Waals surface area contributed by atoms with Crippen LogP contribution in [0.25, 0.3) is 0 Å². The van der Waals surface area contributed by atoms with Gasteiger partial charge < -0.3 is 19.5 Å². The summed E-state index contributed by atoms with van der Waals surface area (Å²) in [4.78, 5) is 31.8. The Kier molecular flexibility index (Phi) is 8.34. The van der Waals surface area contributed by atoms with E-state index in [-0.39, 0.29) is 12.5 Å². The number of nitrogens with zero attached hydrogens (tertiary/aromatic N) is 1. The lowest BCUT2D eigenvalue weighted by molar-refractivity contribution is -0.119. The molecular weight excluding hydrogens is 226 g/mol. The fourth-order valence-corrected chi connectivity index (χ4v) is 1.05. The Balaban J connectivity index is 4.44. The maximum Gasteiger partial charge on any atom is 0.140 e.